The van der Waals surface area contributed by atoms with Crippen molar-refractivity contribution in [3.63, 3.8) is 0 Å². The van der Waals surface area contributed by atoms with Crippen molar-refractivity contribution in [1.82, 2.24) is 15.1 Å². The van der Waals surface area contributed by atoms with Crippen LogP contribution in [0.3, 0.4) is 0 Å². The lowest BCUT2D eigenvalue weighted by Crippen LogP contribution is -2.43. The van der Waals surface area contributed by atoms with Crippen molar-refractivity contribution in [3.05, 3.63) is 35.4 Å². The Labute approximate surface area is 180 Å². The van der Waals surface area contributed by atoms with E-state index in [1.165, 1.54) is 18.2 Å². The third kappa shape index (κ3) is 6.07. The van der Waals surface area contributed by atoms with E-state index in [9.17, 15) is 4.79 Å². The Morgan fingerprint density at radius 1 is 1.33 bits per heavy atom. The Morgan fingerprint density at radius 2 is 1.96 bits per heavy atom. The van der Waals surface area contributed by atoms with Gasteiger partial charge in [-0.15, -0.1) is 24.0 Å². The third-order valence-electron chi connectivity index (χ3n) is 5.17. The normalized spacial score (nSPS) is 21.0. The van der Waals surface area contributed by atoms with Crippen molar-refractivity contribution < 1.29 is 9.53 Å². The fourth-order valence-electron chi connectivity index (χ4n) is 3.51. The smallest absolute Gasteiger partial charge is 0.310 e. The van der Waals surface area contributed by atoms with Crippen LogP contribution in [0.1, 0.15) is 24.1 Å². The molecule has 1 N–H and O–H groups in total. The molecule has 1 aliphatic rings. The number of carbonyl (C=O) groups is 1. The number of methoxy groups -OCH3 is 1. The predicted molar refractivity (Wildman–Crippen MR) is 121 cm³/mol. The van der Waals surface area contributed by atoms with Gasteiger partial charge in [0.1, 0.15) is 0 Å². The van der Waals surface area contributed by atoms with Gasteiger partial charge in [0, 0.05) is 26.7 Å². The van der Waals surface area contributed by atoms with Crippen LogP contribution in [0.4, 0.5) is 0 Å². The summed E-state index contributed by atoms with van der Waals surface area (Å²) >= 11 is 0. The van der Waals surface area contributed by atoms with Crippen molar-refractivity contribution in [2.75, 3.05) is 47.9 Å². The van der Waals surface area contributed by atoms with Gasteiger partial charge in [-0.05, 0) is 32.5 Å². The molecular weight excluding hydrogens is 455 g/mol. The van der Waals surface area contributed by atoms with E-state index >= 15 is 0 Å². The van der Waals surface area contributed by atoms with Gasteiger partial charge < -0.3 is 19.9 Å². The number of ether oxygens (including phenoxy) is 1. The number of esters is 1. The lowest BCUT2D eigenvalue weighted by Gasteiger charge is -2.28. The van der Waals surface area contributed by atoms with Gasteiger partial charge in [0.05, 0.1) is 19.1 Å². The molecule has 1 saturated heterocycles. The van der Waals surface area contributed by atoms with Crippen molar-refractivity contribution in [3.8, 4) is 0 Å². The second-order valence-electron chi connectivity index (χ2n) is 7.33. The maximum Gasteiger partial charge on any atom is 0.310 e. The number of likely N-dealkylation sites (tertiary alicyclic amines) is 1. The highest BCUT2D eigenvalue weighted by Crippen LogP contribution is 2.24. The summed E-state index contributed by atoms with van der Waals surface area (Å²) in [5, 5.41) is 3.49. The minimum absolute atomic E-state index is 0. The lowest BCUT2D eigenvalue weighted by atomic mass is 9.99. The molecule has 1 heterocycles. The van der Waals surface area contributed by atoms with Gasteiger partial charge in [0.2, 0.25) is 0 Å². The van der Waals surface area contributed by atoms with Gasteiger partial charge in [0.25, 0.3) is 0 Å². The summed E-state index contributed by atoms with van der Waals surface area (Å²) in [6, 6.07) is 8.88. The number of halogens is 1. The predicted octanol–water partition coefficient (Wildman–Crippen LogP) is 2.53. The highest BCUT2D eigenvalue weighted by molar-refractivity contribution is 14.0. The monoisotopic (exact) mass is 488 g/mol. The van der Waals surface area contributed by atoms with Gasteiger partial charge in [-0.2, -0.15) is 0 Å². The SMILES string of the molecule is CN=C(NCC(c1ccc(C)cc1)N(C)C)N1CC(C)C(C(=O)OC)C1.I. The molecule has 7 heteroatoms. The van der Waals surface area contributed by atoms with E-state index in [0.29, 0.717) is 6.54 Å². The van der Waals surface area contributed by atoms with Crippen LogP contribution in [0, 0.1) is 18.8 Å². The van der Waals surface area contributed by atoms with Crippen LogP contribution in [0.25, 0.3) is 0 Å². The van der Waals surface area contributed by atoms with E-state index in [2.05, 4.69) is 72.3 Å². The molecule has 2 rings (SSSR count). The van der Waals surface area contributed by atoms with Crippen LogP contribution in [-0.4, -0.2) is 69.6 Å². The fraction of sp³-hybridized carbons (Fsp3) is 0.600. The van der Waals surface area contributed by atoms with Crippen molar-refractivity contribution >= 4 is 35.9 Å². The summed E-state index contributed by atoms with van der Waals surface area (Å²) in [5.41, 5.74) is 2.53. The summed E-state index contributed by atoms with van der Waals surface area (Å²) < 4.78 is 4.93. The first-order valence-corrected chi connectivity index (χ1v) is 9.13. The fourth-order valence-corrected chi connectivity index (χ4v) is 3.51. The zero-order valence-corrected chi connectivity index (χ0v) is 19.6. The van der Waals surface area contributed by atoms with E-state index in [1.807, 2.05) is 0 Å². The van der Waals surface area contributed by atoms with Gasteiger partial charge in [-0.25, -0.2) is 0 Å². The Morgan fingerprint density at radius 3 is 2.48 bits per heavy atom. The van der Waals surface area contributed by atoms with Crippen LogP contribution in [0.15, 0.2) is 29.3 Å². The number of nitrogens with one attached hydrogen (secondary N) is 1. The first-order valence-electron chi connectivity index (χ1n) is 9.13. The van der Waals surface area contributed by atoms with Crippen LogP contribution in [0.2, 0.25) is 0 Å². The van der Waals surface area contributed by atoms with E-state index in [4.69, 9.17) is 4.74 Å². The molecule has 0 amide bonds. The molecule has 1 aromatic carbocycles. The number of hydrogen-bond acceptors (Lipinski definition) is 4. The number of carbonyl (C=O) groups excluding carboxylic acids is 1. The minimum atomic E-state index is -0.138. The third-order valence-corrected chi connectivity index (χ3v) is 5.17. The Kier molecular flexibility index (Phi) is 9.52. The summed E-state index contributed by atoms with van der Waals surface area (Å²) in [7, 11) is 7.41. The highest BCUT2D eigenvalue weighted by atomic mass is 127. The van der Waals surface area contributed by atoms with Gasteiger partial charge >= 0.3 is 5.97 Å². The summed E-state index contributed by atoms with van der Waals surface area (Å²) in [5.74, 6) is 0.853. The molecule has 1 aromatic rings. The first kappa shape index (κ1) is 23.7. The molecule has 1 aliphatic heterocycles. The maximum absolute atomic E-state index is 11.9. The van der Waals surface area contributed by atoms with Gasteiger partial charge in [-0.3, -0.25) is 9.79 Å². The summed E-state index contributed by atoms with van der Waals surface area (Å²) in [6.45, 7) is 6.38. The Balaban J connectivity index is 0.00000364. The molecule has 0 aliphatic carbocycles. The van der Waals surface area contributed by atoms with Gasteiger partial charge in [0.15, 0.2) is 5.96 Å². The topological polar surface area (TPSA) is 57.2 Å². The first-order chi connectivity index (χ1) is 12.4. The molecule has 152 valence electrons. The van der Waals surface area contributed by atoms with Crippen LogP contribution >= 0.6 is 24.0 Å². The van der Waals surface area contributed by atoms with Crippen LogP contribution < -0.4 is 5.32 Å². The summed E-state index contributed by atoms with van der Waals surface area (Å²) in [6.07, 6.45) is 0. The number of likely N-dealkylation sites (N-methyl/N-ethyl adjacent to an activating group) is 1. The molecular formula is C20H33IN4O2. The van der Waals surface area contributed by atoms with Crippen molar-refractivity contribution in [2.24, 2.45) is 16.8 Å². The molecule has 0 bridgehead atoms. The van der Waals surface area contributed by atoms with E-state index in [1.54, 1.807) is 7.05 Å². The van der Waals surface area contributed by atoms with E-state index in [-0.39, 0.29) is 47.8 Å². The van der Waals surface area contributed by atoms with Crippen LogP contribution in [-0.2, 0) is 9.53 Å². The largest absolute Gasteiger partial charge is 0.469 e. The number of rotatable bonds is 5. The maximum atomic E-state index is 11.9. The molecule has 1 fully saturated rings. The minimum Gasteiger partial charge on any atom is -0.469 e. The molecule has 3 unspecified atom stereocenters. The molecule has 0 saturated carbocycles. The number of nitrogens with zero attached hydrogens (tertiary/aromatic N) is 3. The van der Waals surface area contributed by atoms with Gasteiger partial charge in [-0.1, -0.05) is 36.8 Å². The second-order valence-corrected chi connectivity index (χ2v) is 7.33. The molecule has 0 aromatic heterocycles. The second kappa shape index (κ2) is 10.8. The average Bonchev–Trinajstić information content (AvgIpc) is 3.00. The van der Waals surface area contributed by atoms with Crippen LogP contribution in [0.5, 0.6) is 0 Å². The number of hydrogen-bond donors (Lipinski definition) is 1. The number of aliphatic imine (C=N–C) groups is 1. The lowest BCUT2D eigenvalue weighted by molar-refractivity contribution is -0.145. The zero-order valence-electron chi connectivity index (χ0n) is 17.2. The molecule has 0 radical (unpaired) electrons. The number of guanidine groups is 1. The highest BCUT2D eigenvalue weighted by Gasteiger charge is 2.37. The Hall–Kier alpha value is -1.35. The van der Waals surface area contributed by atoms with E-state index in [0.717, 1.165) is 19.0 Å². The number of benzene rings is 1. The van der Waals surface area contributed by atoms with Crippen molar-refractivity contribution in [2.45, 2.75) is 19.9 Å². The Bertz CT molecular complexity index is 633. The van der Waals surface area contributed by atoms with Crippen molar-refractivity contribution in [1.29, 1.82) is 0 Å². The summed E-state index contributed by atoms with van der Waals surface area (Å²) in [4.78, 5) is 20.7. The quantitative estimate of drug-likeness (QED) is 0.299. The molecule has 6 nitrogen and oxygen atoms in total. The number of aryl methyl sites for hydroxylation is 1. The van der Waals surface area contributed by atoms with E-state index < -0.39 is 0 Å². The standard InChI is InChI=1S/C20H32N4O2.HI/c1-14-7-9-16(10-8-14)18(23(4)5)11-22-20(21-3)24-12-15(2)17(13-24)19(25)26-6;/h7-10,15,17-18H,11-13H2,1-6H3,(H,21,22);1H. The molecule has 27 heavy (non-hydrogen) atoms. The zero-order chi connectivity index (χ0) is 19.3. The molecule has 3 atom stereocenters. The average molecular weight is 488 g/mol. The molecule has 0 spiro atoms.